The number of hydrogen-bond donors (Lipinski definition) is 2. The summed E-state index contributed by atoms with van der Waals surface area (Å²) in [4.78, 5) is 4.42. The van der Waals surface area contributed by atoms with Crippen molar-refractivity contribution >= 4 is 15.8 Å². The van der Waals surface area contributed by atoms with E-state index in [0.717, 1.165) is 32.1 Å². The second kappa shape index (κ2) is 7.80. The number of aromatic nitrogens is 1. The van der Waals surface area contributed by atoms with Crippen molar-refractivity contribution in [3.63, 3.8) is 0 Å². The molecule has 2 N–H and O–H groups in total. The summed E-state index contributed by atoms with van der Waals surface area (Å²) in [6, 6.07) is 3.25. The van der Waals surface area contributed by atoms with Crippen molar-refractivity contribution in [2.24, 2.45) is 5.92 Å². The molecule has 1 saturated heterocycles. The van der Waals surface area contributed by atoms with E-state index in [9.17, 15) is 13.5 Å². The summed E-state index contributed by atoms with van der Waals surface area (Å²) in [5.41, 5.74) is 0. The van der Waals surface area contributed by atoms with Gasteiger partial charge in [-0.25, -0.2) is 13.4 Å². The number of nitrogens with zero attached hydrogens (tertiary/aromatic N) is 2. The van der Waals surface area contributed by atoms with Crippen LogP contribution in [0.3, 0.4) is 0 Å². The predicted octanol–water partition coefficient (Wildman–Crippen LogP) is 2.22. The zero-order chi connectivity index (χ0) is 17.0. The number of piperidine rings is 1. The molecule has 2 heterocycles. The Morgan fingerprint density at radius 3 is 2.62 bits per heavy atom. The topological polar surface area (TPSA) is 82.5 Å². The zero-order valence-corrected chi connectivity index (χ0v) is 14.8. The Morgan fingerprint density at radius 1 is 1.21 bits per heavy atom. The number of aliphatic hydroxyl groups excluding tert-OH is 1. The molecule has 2 aliphatic rings. The van der Waals surface area contributed by atoms with Crippen LogP contribution < -0.4 is 5.32 Å². The summed E-state index contributed by atoms with van der Waals surface area (Å²) >= 11 is 0. The predicted molar refractivity (Wildman–Crippen MR) is 93.3 cm³/mol. The van der Waals surface area contributed by atoms with E-state index in [1.54, 1.807) is 22.6 Å². The van der Waals surface area contributed by atoms with Gasteiger partial charge in [0.2, 0.25) is 10.0 Å². The third-order valence-corrected chi connectivity index (χ3v) is 7.06. The summed E-state index contributed by atoms with van der Waals surface area (Å²) in [5.74, 6) is 0.656. The van der Waals surface area contributed by atoms with Crippen molar-refractivity contribution in [1.82, 2.24) is 9.29 Å². The van der Waals surface area contributed by atoms with Gasteiger partial charge in [-0.2, -0.15) is 4.31 Å². The van der Waals surface area contributed by atoms with Crippen LogP contribution in [0.15, 0.2) is 23.2 Å². The Labute approximate surface area is 144 Å². The van der Waals surface area contributed by atoms with E-state index in [1.165, 1.54) is 12.8 Å². The number of sulfonamides is 1. The van der Waals surface area contributed by atoms with Crippen LogP contribution in [0.25, 0.3) is 0 Å². The van der Waals surface area contributed by atoms with Gasteiger partial charge >= 0.3 is 0 Å². The monoisotopic (exact) mass is 353 g/mol. The molecule has 0 radical (unpaired) electrons. The van der Waals surface area contributed by atoms with Gasteiger partial charge in [-0.3, -0.25) is 0 Å². The van der Waals surface area contributed by atoms with Gasteiger partial charge in [-0.1, -0.05) is 19.3 Å². The first-order chi connectivity index (χ1) is 11.6. The molecule has 0 amide bonds. The standard InChI is InChI=1S/C17H27N3O3S/c21-15(14-7-2-3-8-14)13-19-17-16(9-6-10-18-17)24(22,23)20-11-4-1-5-12-20/h6,9-10,14-15,21H,1-5,7-8,11-13H2,(H,18,19). The fourth-order valence-electron chi connectivity index (χ4n) is 3.69. The van der Waals surface area contributed by atoms with Gasteiger partial charge in [-0.05, 0) is 43.7 Å². The third kappa shape index (κ3) is 3.90. The molecule has 6 nitrogen and oxygen atoms in total. The molecule has 1 aromatic heterocycles. The van der Waals surface area contributed by atoms with Crippen LogP contribution in [-0.4, -0.2) is 48.6 Å². The van der Waals surface area contributed by atoms with Crippen LogP contribution in [0.4, 0.5) is 5.82 Å². The fourth-order valence-corrected chi connectivity index (χ4v) is 5.32. The third-order valence-electron chi connectivity index (χ3n) is 5.13. The van der Waals surface area contributed by atoms with E-state index in [0.29, 0.717) is 31.4 Å². The molecule has 1 unspecified atom stereocenters. The van der Waals surface area contributed by atoms with Crippen LogP contribution in [0.5, 0.6) is 0 Å². The first kappa shape index (κ1) is 17.6. The Hall–Kier alpha value is -1.18. The maximum absolute atomic E-state index is 12.9. The highest BCUT2D eigenvalue weighted by Gasteiger charge is 2.29. The van der Waals surface area contributed by atoms with Crippen molar-refractivity contribution in [3.8, 4) is 0 Å². The lowest BCUT2D eigenvalue weighted by Crippen LogP contribution is -2.36. The first-order valence-electron chi connectivity index (χ1n) is 8.96. The lowest BCUT2D eigenvalue weighted by Gasteiger charge is -2.27. The van der Waals surface area contributed by atoms with Crippen LogP contribution >= 0.6 is 0 Å². The number of anilines is 1. The Balaban J connectivity index is 1.72. The number of rotatable bonds is 6. The maximum atomic E-state index is 12.9. The number of nitrogens with one attached hydrogen (secondary N) is 1. The quantitative estimate of drug-likeness (QED) is 0.819. The highest BCUT2D eigenvalue weighted by atomic mass is 32.2. The van der Waals surface area contributed by atoms with Gasteiger partial charge < -0.3 is 10.4 Å². The fraction of sp³-hybridized carbons (Fsp3) is 0.706. The summed E-state index contributed by atoms with van der Waals surface area (Å²) in [5, 5.41) is 13.4. The van der Waals surface area contributed by atoms with E-state index in [-0.39, 0.29) is 4.90 Å². The van der Waals surface area contributed by atoms with Gasteiger partial charge in [0, 0.05) is 25.8 Å². The molecule has 134 valence electrons. The SMILES string of the molecule is O=S(=O)(c1cccnc1NCC(O)C1CCCC1)N1CCCCC1. The molecule has 1 aliphatic carbocycles. The molecule has 1 aliphatic heterocycles. The summed E-state index contributed by atoms with van der Waals surface area (Å²) < 4.78 is 27.3. The van der Waals surface area contributed by atoms with Gasteiger partial charge in [0.05, 0.1) is 6.10 Å². The second-order valence-electron chi connectivity index (χ2n) is 6.81. The Kier molecular flexibility index (Phi) is 5.73. The van der Waals surface area contributed by atoms with Crippen LogP contribution in [-0.2, 0) is 10.0 Å². The van der Waals surface area contributed by atoms with Crippen LogP contribution in [0, 0.1) is 5.92 Å². The highest BCUT2D eigenvalue weighted by molar-refractivity contribution is 7.89. The average Bonchev–Trinajstić information content (AvgIpc) is 3.15. The van der Waals surface area contributed by atoms with E-state index >= 15 is 0 Å². The molecular formula is C17H27N3O3S. The van der Waals surface area contributed by atoms with E-state index < -0.39 is 16.1 Å². The molecule has 0 aromatic carbocycles. The maximum Gasteiger partial charge on any atom is 0.246 e. The lowest BCUT2D eigenvalue weighted by atomic mass is 10.0. The minimum Gasteiger partial charge on any atom is -0.391 e. The highest BCUT2D eigenvalue weighted by Crippen LogP contribution is 2.29. The smallest absolute Gasteiger partial charge is 0.246 e. The van der Waals surface area contributed by atoms with Crippen molar-refractivity contribution in [2.75, 3.05) is 25.0 Å². The molecule has 1 saturated carbocycles. The molecule has 1 aromatic rings. The molecular weight excluding hydrogens is 326 g/mol. The zero-order valence-electron chi connectivity index (χ0n) is 14.0. The number of hydrogen-bond acceptors (Lipinski definition) is 5. The Morgan fingerprint density at radius 2 is 1.92 bits per heavy atom. The summed E-state index contributed by atoms with van der Waals surface area (Å²) in [7, 11) is -3.53. The molecule has 0 spiro atoms. The van der Waals surface area contributed by atoms with Gasteiger partial charge in [0.1, 0.15) is 10.7 Å². The number of pyridine rings is 1. The van der Waals surface area contributed by atoms with Gasteiger partial charge in [0.15, 0.2) is 0 Å². The van der Waals surface area contributed by atoms with Crippen molar-refractivity contribution in [3.05, 3.63) is 18.3 Å². The van der Waals surface area contributed by atoms with Crippen molar-refractivity contribution < 1.29 is 13.5 Å². The van der Waals surface area contributed by atoms with Gasteiger partial charge in [0.25, 0.3) is 0 Å². The number of aliphatic hydroxyl groups is 1. The summed E-state index contributed by atoms with van der Waals surface area (Å²) in [6.45, 7) is 1.48. The molecule has 3 rings (SSSR count). The Bertz CT molecular complexity index is 638. The van der Waals surface area contributed by atoms with Crippen LogP contribution in [0.1, 0.15) is 44.9 Å². The second-order valence-corrected chi connectivity index (χ2v) is 8.71. The molecule has 1 atom stereocenters. The normalized spacial score (nSPS) is 21.7. The van der Waals surface area contributed by atoms with Crippen molar-refractivity contribution in [1.29, 1.82) is 0 Å². The first-order valence-corrected chi connectivity index (χ1v) is 10.4. The molecule has 0 bridgehead atoms. The van der Waals surface area contributed by atoms with E-state index in [1.807, 2.05) is 0 Å². The van der Waals surface area contributed by atoms with E-state index in [4.69, 9.17) is 0 Å². The van der Waals surface area contributed by atoms with E-state index in [2.05, 4.69) is 10.3 Å². The minimum absolute atomic E-state index is 0.213. The average molecular weight is 353 g/mol. The summed E-state index contributed by atoms with van der Waals surface area (Å²) in [6.07, 6.45) is 8.44. The minimum atomic E-state index is -3.53. The largest absolute Gasteiger partial charge is 0.391 e. The lowest BCUT2D eigenvalue weighted by molar-refractivity contribution is 0.122. The van der Waals surface area contributed by atoms with Gasteiger partial charge in [-0.15, -0.1) is 0 Å². The molecule has 7 heteroatoms. The van der Waals surface area contributed by atoms with Crippen molar-refractivity contribution in [2.45, 2.75) is 55.9 Å². The molecule has 2 fully saturated rings. The van der Waals surface area contributed by atoms with Crippen LogP contribution in [0.2, 0.25) is 0 Å². The molecule has 24 heavy (non-hydrogen) atoms.